The Bertz CT molecular complexity index is 827. The number of nitrogens with two attached hydrogens (primary N) is 1. The molecule has 3 rings (SSSR count). The molecule has 0 amide bonds. The van der Waals surface area contributed by atoms with Crippen molar-refractivity contribution in [3.05, 3.63) is 66.0 Å². The monoisotopic (exact) mass is 320 g/mol. The van der Waals surface area contributed by atoms with Crippen molar-refractivity contribution in [2.45, 2.75) is 19.9 Å². The van der Waals surface area contributed by atoms with Crippen LogP contribution in [0, 0.1) is 6.92 Å². The highest BCUT2D eigenvalue weighted by Gasteiger charge is 2.12. The lowest BCUT2D eigenvalue weighted by Gasteiger charge is -2.11. The smallest absolute Gasteiger partial charge is 0.185 e. The first-order chi connectivity index (χ1) is 11.5. The van der Waals surface area contributed by atoms with Crippen LogP contribution >= 0.6 is 0 Å². The molecule has 1 heterocycles. The highest BCUT2D eigenvalue weighted by Crippen LogP contribution is 2.33. The van der Waals surface area contributed by atoms with Gasteiger partial charge in [-0.25, -0.2) is 9.97 Å². The maximum Gasteiger partial charge on any atom is 0.185 e. The number of aromatic nitrogens is 2. The number of hydrogen-bond acceptors (Lipinski definition) is 5. The van der Waals surface area contributed by atoms with Crippen molar-refractivity contribution < 1.29 is 5.11 Å². The molecule has 0 fully saturated rings. The number of nitrogens with one attached hydrogen (secondary N) is 1. The minimum Gasteiger partial charge on any atom is -0.503 e. The average molecular weight is 320 g/mol. The lowest BCUT2D eigenvalue weighted by Crippen LogP contribution is -2.04. The van der Waals surface area contributed by atoms with Crippen LogP contribution in [0.4, 0.5) is 11.5 Å². The fraction of sp³-hybridized carbons (Fsp3) is 0.158. The van der Waals surface area contributed by atoms with Crippen LogP contribution in [0.2, 0.25) is 0 Å². The van der Waals surface area contributed by atoms with Gasteiger partial charge in [-0.15, -0.1) is 0 Å². The van der Waals surface area contributed by atoms with Crippen LogP contribution in [-0.2, 0) is 0 Å². The predicted molar refractivity (Wildman–Crippen MR) is 96.2 cm³/mol. The quantitative estimate of drug-likeness (QED) is 0.678. The third-order valence-electron chi connectivity index (χ3n) is 3.85. The van der Waals surface area contributed by atoms with Crippen LogP contribution < -0.4 is 11.1 Å². The number of aromatic hydroxyl groups is 1. The van der Waals surface area contributed by atoms with Gasteiger partial charge in [0.15, 0.2) is 11.6 Å². The zero-order valence-corrected chi connectivity index (χ0v) is 13.7. The molecule has 1 aromatic heterocycles. The Kier molecular flexibility index (Phi) is 4.44. The first kappa shape index (κ1) is 16.0. The largest absolute Gasteiger partial charge is 0.503 e. The van der Waals surface area contributed by atoms with E-state index in [1.165, 1.54) is 6.33 Å². The summed E-state index contributed by atoms with van der Waals surface area (Å²) in [5.74, 6) is 0.395. The van der Waals surface area contributed by atoms with E-state index in [0.717, 1.165) is 22.4 Å². The van der Waals surface area contributed by atoms with Crippen molar-refractivity contribution in [2.75, 3.05) is 5.32 Å². The van der Waals surface area contributed by atoms with Gasteiger partial charge < -0.3 is 16.2 Å². The molecular weight excluding hydrogens is 300 g/mol. The molecule has 0 bridgehead atoms. The molecule has 0 aliphatic rings. The van der Waals surface area contributed by atoms with Gasteiger partial charge in [0.25, 0.3) is 0 Å². The fourth-order valence-electron chi connectivity index (χ4n) is 2.40. The highest BCUT2D eigenvalue weighted by atomic mass is 16.3. The maximum atomic E-state index is 10.5. The van der Waals surface area contributed by atoms with Gasteiger partial charge in [-0.05, 0) is 31.5 Å². The Morgan fingerprint density at radius 2 is 1.67 bits per heavy atom. The third-order valence-corrected chi connectivity index (χ3v) is 3.85. The summed E-state index contributed by atoms with van der Waals surface area (Å²) >= 11 is 0. The van der Waals surface area contributed by atoms with Gasteiger partial charge in [0.2, 0.25) is 0 Å². The van der Waals surface area contributed by atoms with Gasteiger partial charge in [-0.3, -0.25) is 0 Å². The molecule has 5 nitrogen and oxygen atoms in total. The Morgan fingerprint density at radius 1 is 1.00 bits per heavy atom. The molecule has 0 saturated heterocycles. The molecule has 5 heteroatoms. The molecule has 122 valence electrons. The van der Waals surface area contributed by atoms with Gasteiger partial charge in [0.05, 0.1) is 0 Å². The van der Waals surface area contributed by atoms with E-state index in [0.29, 0.717) is 11.5 Å². The molecule has 0 unspecified atom stereocenters. The summed E-state index contributed by atoms with van der Waals surface area (Å²) < 4.78 is 0. The van der Waals surface area contributed by atoms with E-state index in [9.17, 15) is 5.11 Å². The minimum absolute atomic E-state index is 0.0142. The van der Waals surface area contributed by atoms with Crippen molar-refractivity contribution in [1.29, 1.82) is 0 Å². The van der Waals surface area contributed by atoms with E-state index in [-0.39, 0.29) is 11.8 Å². The van der Waals surface area contributed by atoms with E-state index >= 15 is 0 Å². The summed E-state index contributed by atoms with van der Waals surface area (Å²) in [6, 6.07) is 15.5. The molecule has 2 aromatic carbocycles. The number of anilines is 2. The van der Waals surface area contributed by atoms with Gasteiger partial charge in [-0.1, -0.05) is 42.0 Å². The third kappa shape index (κ3) is 3.36. The lowest BCUT2D eigenvalue weighted by atomic mass is 10.1. The number of rotatable bonds is 4. The first-order valence-corrected chi connectivity index (χ1v) is 7.78. The molecule has 3 aromatic rings. The average Bonchev–Trinajstić information content (AvgIpc) is 2.58. The van der Waals surface area contributed by atoms with Crippen LogP contribution in [0.15, 0.2) is 54.9 Å². The summed E-state index contributed by atoms with van der Waals surface area (Å²) in [5, 5.41) is 13.6. The van der Waals surface area contributed by atoms with Crippen molar-refractivity contribution >= 4 is 11.5 Å². The van der Waals surface area contributed by atoms with Crippen molar-refractivity contribution in [1.82, 2.24) is 9.97 Å². The zero-order valence-electron chi connectivity index (χ0n) is 13.7. The van der Waals surface area contributed by atoms with Crippen LogP contribution in [-0.4, -0.2) is 15.1 Å². The SMILES string of the molecule is Cc1ccc(-c2ncnc(Nc3ccc([C@@H](C)N)cc3)c2O)cc1. The number of nitrogens with zero attached hydrogens (tertiary/aromatic N) is 2. The van der Waals surface area contributed by atoms with Gasteiger partial charge >= 0.3 is 0 Å². The van der Waals surface area contributed by atoms with E-state index in [1.807, 2.05) is 62.4 Å². The Balaban J connectivity index is 1.89. The van der Waals surface area contributed by atoms with Crippen LogP contribution in [0.1, 0.15) is 24.1 Å². The Morgan fingerprint density at radius 3 is 2.29 bits per heavy atom. The zero-order chi connectivity index (χ0) is 17.1. The molecular formula is C19H20N4O. The molecule has 1 atom stereocenters. The van der Waals surface area contributed by atoms with E-state index in [4.69, 9.17) is 5.73 Å². The second-order valence-corrected chi connectivity index (χ2v) is 5.82. The van der Waals surface area contributed by atoms with Gasteiger partial charge in [0, 0.05) is 17.3 Å². The van der Waals surface area contributed by atoms with Crippen molar-refractivity contribution in [3.8, 4) is 17.0 Å². The maximum absolute atomic E-state index is 10.5. The first-order valence-electron chi connectivity index (χ1n) is 7.78. The summed E-state index contributed by atoms with van der Waals surface area (Å²) in [4.78, 5) is 8.34. The molecule has 0 spiro atoms. The molecule has 24 heavy (non-hydrogen) atoms. The van der Waals surface area contributed by atoms with Crippen LogP contribution in [0.25, 0.3) is 11.3 Å². The molecule has 0 aliphatic carbocycles. The Labute approximate surface area is 141 Å². The summed E-state index contributed by atoms with van der Waals surface area (Å²) in [7, 11) is 0. The van der Waals surface area contributed by atoms with E-state index < -0.39 is 0 Å². The normalized spacial score (nSPS) is 12.0. The van der Waals surface area contributed by atoms with Crippen molar-refractivity contribution in [2.24, 2.45) is 5.73 Å². The highest BCUT2D eigenvalue weighted by molar-refractivity contribution is 5.74. The number of aryl methyl sites for hydroxylation is 1. The number of hydrogen-bond donors (Lipinski definition) is 3. The van der Waals surface area contributed by atoms with Gasteiger partial charge in [0.1, 0.15) is 12.0 Å². The van der Waals surface area contributed by atoms with E-state index in [2.05, 4.69) is 15.3 Å². The van der Waals surface area contributed by atoms with Gasteiger partial charge in [-0.2, -0.15) is 0 Å². The summed E-state index contributed by atoms with van der Waals surface area (Å²) in [6.45, 7) is 3.95. The summed E-state index contributed by atoms with van der Waals surface area (Å²) in [6.07, 6.45) is 1.44. The fourth-order valence-corrected chi connectivity index (χ4v) is 2.40. The topological polar surface area (TPSA) is 84.1 Å². The Hall–Kier alpha value is -2.92. The van der Waals surface area contributed by atoms with E-state index in [1.54, 1.807) is 0 Å². The van der Waals surface area contributed by atoms with Crippen LogP contribution in [0.5, 0.6) is 5.75 Å². The van der Waals surface area contributed by atoms with Crippen molar-refractivity contribution in [3.63, 3.8) is 0 Å². The molecule has 0 saturated carbocycles. The molecule has 0 radical (unpaired) electrons. The number of benzene rings is 2. The second kappa shape index (κ2) is 6.68. The van der Waals surface area contributed by atoms with Crippen LogP contribution in [0.3, 0.4) is 0 Å². The molecule has 0 aliphatic heterocycles. The summed E-state index contributed by atoms with van der Waals surface area (Å²) in [5.41, 5.74) is 10.2. The minimum atomic E-state index is -0.0142. The second-order valence-electron chi connectivity index (χ2n) is 5.82. The predicted octanol–water partition coefficient (Wildman–Crippen LogP) is 3.92. The molecule has 4 N–H and O–H groups in total. The standard InChI is InChI=1S/C19H20N4O/c1-12-3-5-15(6-4-12)17-18(24)19(22-11-21-17)23-16-9-7-14(8-10-16)13(2)20/h3-11,13,24H,20H2,1-2H3,(H,21,22,23)/t13-/m1/s1. The lowest BCUT2D eigenvalue weighted by molar-refractivity contribution is 0.475.